The molecule has 1 fully saturated rings. The van der Waals surface area contributed by atoms with E-state index in [2.05, 4.69) is 10.3 Å². The number of hydrogen-bond acceptors (Lipinski definition) is 5. The van der Waals surface area contributed by atoms with Gasteiger partial charge in [0.1, 0.15) is 10.7 Å². The Morgan fingerprint density at radius 1 is 1.35 bits per heavy atom. The number of morpholine rings is 1. The molecule has 2 rings (SSSR count). The van der Waals surface area contributed by atoms with Crippen LogP contribution in [0.5, 0.6) is 0 Å². The Morgan fingerprint density at radius 3 is 2.59 bits per heavy atom. The van der Waals surface area contributed by atoms with E-state index in [0.717, 1.165) is 0 Å². The summed E-state index contributed by atoms with van der Waals surface area (Å²) in [5, 5.41) is 2.85. The van der Waals surface area contributed by atoms with Crippen LogP contribution in [0.3, 0.4) is 0 Å². The van der Waals surface area contributed by atoms with Crippen LogP contribution in [0.4, 0.5) is 5.82 Å². The number of ether oxygens (including phenoxy) is 1. The maximum absolute atomic E-state index is 12.2. The molecule has 0 aliphatic carbocycles. The maximum Gasteiger partial charge on any atom is 0.244 e. The smallest absolute Gasteiger partial charge is 0.244 e. The fraction of sp³-hybridized carbons (Fsp3) is 0.500. The molecule has 1 aromatic heterocycles. The van der Waals surface area contributed by atoms with Crippen molar-refractivity contribution in [3.63, 3.8) is 0 Å². The first-order valence-corrected chi connectivity index (χ1v) is 6.80. The molecule has 94 valence electrons. The van der Waals surface area contributed by atoms with Gasteiger partial charge >= 0.3 is 0 Å². The second kappa shape index (κ2) is 4.99. The van der Waals surface area contributed by atoms with Gasteiger partial charge in [-0.2, -0.15) is 4.31 Å². The summed E-state index contributed by atoms with van der Waals surface area (Å²) >= 11 is 0. The van der Waals surface area contributed by atoms with Crippen molar-refractivity contribution in [1.29, 1.82) is 0 Å². The summed E-state index contributed by atoms with van der Waals surface area (Å²) in [4.78, 5) is 4.23. The first-order chi connectivity index (χ1) is 8.14. The van der Waals surface area contributed by atoms with Crippen LogP contribution in [0.1, 0.15) is 0 Å². The average molecular weight is 257 g/mol. The number of sulfonamides is 1. The SMILES string of the molecule is CNc1ccc(S(=O)(=O)N2CCOCC2)cn1. The molecule has 0 atom stereocenters. The van der Waals surface area contributed by atoms with Crippen LogP contribution in [0, 0.1) is 0 Å². The molecule has 1 aliphatic heterocycles. The van der Waals surface area contributed by atoms with Gasteiger partial charge in [0.2, 0.25) is 10.0 Å². The second-order valence-corrected chi connectivity index (χ2v) is 5.58. The lowest BCUT2D eigenvalue weighted by molar-refractivity contribution is 0.0730. The predicted octanol–water partition coefficient (Wildman–Crippen LogP) is 0.144. The van der Waals surface area contributed by atoms with E-state index in [1.54, 1.807) is 19.2 Å². The van der Waals surface area contributed by atoms with Gasteiger partial charge in [-0.15, -0.1) is 0 Å². The fourth-order valence-electron chi connectivity index (χ4n) is 1.62. The van der Waals surface area contributed by atoms with Gasteiger partial charge in [-0.05, 0) is 12.1 Å². The van der Waals surface area contributed by atoms with Crippen LogP contribution < -0.4 is 5.32 Å². The Bertz CT molecular complexity index is 466. The van der Waals surface area contributed by atoms with Crippen molar-refractivity contribution in [1.82, 2.24) is 9.29 Å². The second-order valence-electron chi connectivity index (χ2n) is 3.65. The minimum absolute atomic E-state index is 0.221. The molecule has 1 aromatic rings. The summed E-state index contributed by atoms with van der Waals surface area (Å²) in [6, 6.07) is 3.21. The fourth-order valence-corrected chi connectivity index (χ4v) is 2.97. The minimum atomic E-state index is -3.42. The number of nitrogens with zero attached hydrogens (tertiary/aromatic N) is 2. The van der Waals surface area contributed by atoms with Gasteiger partial charge in [-0.1, -0.05) is 0 Å². The molecular formula is C10H15N3O3S. The monoisotopic (exact) mass is 257 g/mol. The van der Waals surface area contributed by atoms with Gasteiger partial charge in [0.25, 0.3) is 0 Å². The van der Waals surface area contributed by atoms with Gasteiger partial charge in [-0.25, -0.2) is 13.4 Å². The van der Waals surface area contributed by atoms with Crippen molar-refractivity contribution in [3.8, 4) is 0 Å². The topological polar surface area (TPSA) is 71.5 Å². The number of pyridine rings is 1. The Kier molecular flexibility index (Phi) is 3.60. The minimum Gasteiger partial charge on any atom is -0.379 e. The molecule has 1 N–H and O–H groups in total. The molecule has 0 spiro atoms. The van der Waals surface area contributed by atoms with E-state index in [9.17, 15) is 8.42 Å². The third kappa shape index (κ3) is 2.56. The Morgan fingerprint density at radius 2 is 2.06 bits per heavy atom. The number of anilines is 1. The Labute approximate surface area is 101 Å². The summed E-state index contributed by atoms with van der Waals surface area (Å²) < 4.78 is 31.0. The van der Waals surface area contributed by atoms with Crippen LogP contribution in [0.15, 0.2) is 23.2 Å². The molecule has 0 radical (unpaired) electrons. The number of aromatic nitrogens is 1. The third-order valence-corrected chi connectivity index (χ3v) is 4.48. The van der Waals surface area contributed by atoms with Gasteiger partial charge in [-0.3, -0.25) is 0 Å². The molecule has 7 heteroatoms. The zero-order valence-corrected chi connectivity index (χ0v) is 10.4. The molecule has 1 aliphatic rings. The lowest BCUT2D eigenvalue weighted by Crippen LogP contribution is -2.40. The molecule has 17 heavy (non-hydrogen) atoms. The van der Waals surface area contributed by atoms with Crippen LogP contribution in [0.2, 0.25) is 0 Å². The van der Waals surface area contributed by atoms with E-state index in [0.29, 0.717) is 32.1 Å². The highest BCUT2D eigenvalue weighted by Gasteiger charge is 2.26. The van der Waals surface area contributed by atoms with Crippen molar-refractivity contribution in [2.24, 2.45) is 0 Å². The predicted molar refractivity (Wildman–Crippen MR) is 63.4 cm³/mol. The van der Waals surface area contributed by atoms with Gasteiger partial charge in [0, 0.05) is 26.3 Å². The summed E-state index contributed by atoms with van der Waals surface area (Å²) in [5.41, 5.74) is 0. The molecule has 2 heterocycles. The first kappa shape index (κ1) is 12.3. The molecule has 0 bridgehead atoms. The van der Waals surface area contributed by atoms with E-state index < -0.39 is 10.0 Å². The molecule has 0 unspecified atom stereocenters. The Hall–Kier alpha value is -1.18. The van der Waals surface area contributed by atoms with E-state index in [1.165, 1.54) is 10.5 Å². The van der Waals surface area contributed by atoms with E-state index >= 15 is 0 Å². The van der Waals surface area contributed by atoms with Crippen molar-refractivity contribution in [2.75, 3.05) is 38.7 Å². The lowest BCUT2D eigenvalue weighted by Gasteiger charge is -2.25. The summed E-state index contributed by atoms with van der Waals surface area (Å²) in [6.07, 6.45) is 1.37. The normalized spacial score (nSPS) is 17.9. The molecule has 6 nitrogen and oxygen atoms in total. The van der Waals surface area contributed by atoms with Crippen molar-refractivity contribution in [3.05, 3.63) is 18.3 Å². The number of hydrogen-bond donors (Lipinski definition) is 1. The molecule has 0 amide bonds. The number of nitrogens with one attached hydrogen (secondary N) is 1. The van der Waals surface area contributed by atoms with E-state index in [-0.39, 0.29) is 4.90 Å². The van der Waals surface area contributed by atoms with Crippen molar-refractivity contribution in [2.45, 2.75) is 4.90 Å². The van der Waals surface area contributed by atoms with Crippen LogP contribution in [-0.2, 0) is 14.8 Å². The van der Waals surface area contributed by atoms with Crippen LogP contribution in [0.25, 0.3) is 0 Å². The average Bonchev–Trinajstić information content (AvgIpc) is 2.40. The molecular weight excluding hydrogens is 242 g/mol. The standard InChI is InChI=1S/C10H15N3O3S/c1-11-10-3-2-9(8-12-10)17(14,15)13-4-6-16-7-5-13/h2-3,8H,4-7H2,1H3,(H,11,12). The first-order valence-electron chi connectivity index (χ1n) is 5.36. The van der Waals surface area contributed by atoms with Gasteiger partial charge in [0.05, 0.1) is 13.2 Å². The molecule has 0 saturated carbocycles. The van der Waals surface area contributed by atoms with E-state index in [4.69, 9.17) is 4.74 Å². The quantitative estimate of drug-likeness (QED) is 0.834. The molecule has 0 aromatic carbocycles. The highest BCUT2D eigenvalue weighted by Crippen LogP contribution is 2.17. The summed E-state index contributed by atoms with van der Waals surface area (Å²) in [5.74, 6) is 0.644. The van der Waals surface area contributed by atoms with Gasteiger partial charge in [0.15, 0.2) is 0 Å². The van der Waals surface area contributed by atoms with E-state index in [1.807, 2.05) is 0 Å². The molecule has 1 saturated heterocycles. The van der Waals surface area contributed by atoms with Crippen molar-refractivity contribution < 1.29 is 13.2 Å². The van der Waals surface area contributed by atoms with Crippen molar-refractivity contribution >= 4 is 15.8 Å². The van der Waals surface area contributed by atoms with Crippen LogP contribution in [-0.4, -0.2) is 51.1 Å². The maximum atomic E-state index is 12.2. The highest BCUT2D eigenvalue weighted by atomic mass is 32.2. The summed E-state index contributed by atoms with van der Waals surface area (Å²) in [7, 11) is -1.69. The zero-order chi connectivity index (χ0) is 12.3. The largest absolute Gasteiger partial charge is 0.379 e. The van der Waals surface area contributed by atoms with Gasteiger partial charge < -0.3 is 10.1 Å². The zero-order valence-electron chi connectivity index (χ0n) is 9.59. The highest BCUT2D eigenvalue weighted by molar-refractivity contribution is 7.89. The number of rotatable bonds is 3. The third-order valence-electron chi connectivity index (χ3n) is 2.60. The van der Waals surface area contributed by atoms with Crippen LogP contribution >= 0.6 is 0 Å². The summed E-state index contributed by atoms with van der Waals surface area (Å²) in [6.45, 7) is 1.69. The Balaban J connectivity index is 2.23. The lowest BCUT2D eigenvalue weighted by atomic mass is 10.5.